The van der Waals surface area contributed by atoms with Crippen LogP contribution in [-0.4, -0.2) is 32.8 Å². The molecule has 2 heterocycles. The van der Waals surface area contributed by atoms with Gasteiger partial charge in [0.25, 0.3) is 0 Å². The number of rotatable bonds is 3. The number of H-pyrrole nitrogens is 1. The lowest BCUT2D eigenvalue weighted by atomic mass is 10.2. The van der Waals surface area contributed by atoms with Crippen LogP contribution in [0.3, 0.4) is 0 Å². The summed E-state index contributed by atoms with van der Waals surface area (Å²) >= 11 is 0. The van der Waals surface area contributed by atoms with Gasteiger partial charge >= 0.3 is 0 Å². The first-order valence-electron chi connectivity index (χ1n) is 5.99. The summed E-state index contributed by atoms with van der Waals surface area (Å²) in [7, 11) is 1.89. The predicted molar refractivity (Wildman–Crippen MR) is 77.2 cm³/mol. The quantitative estimate of drug-likeness (QED) is 0.491. The van der Waals surface area contributed by atoms with E-state index in [-0.39, 0.29) is 5.84 Å². The molecule has 0 atom stereocenters. The van der Waals surface area contributed by atoms with Gasteiger partial charge in [-0.1, -0.05) is 12.1 Å². The van der Waals surface area contributed by atoms with Crippen LogP contribution >= 0.6 is 0 Å². The van der Waals surface area contributed by atoms with E-state index in [1.807, 2.05) is 30.1 Å². The van der Waals surface area contributed by atoms with E-state index in [1.165, 1.54) is 6.33 Å². The molecule has 0 radical (unpaired) electrons. The second kappa shape index (κ2) is 4.61. The molecule has 7 heteroatoms. The summed E-state index contributed by atoms with van der Waals surface area (Å²) in [5.74, 6) is 0.753. The second-order valence-electron chi connectivity index (χ2n) is 4.32. The minimum Gasteiger partial charge on any atom is -0.384 e. The zero-order valence-electron chi connectivity index (χ0n) is 10.8. The minimum absolute atomic E-state index is 0.0367. The van der Waals surface area contributed by atoms with E-state index < -0.39 is 0 Å². The molecule has 3 aromatic rings. The number of nitrogens with zero attached hydrogens (tertiary/aromatic N) is 4. The van der Waals surface area contributed by atoms with Crippen molar-refractivity contribution >= 4 is 28.5 Å². The fraction of sp³-hybridized carbons (Fsp3) is 0.0769. The first kappa shape index (κ1) is 12.1. The maximum Gasteiger partial charge on any atom is 0.182 e. The van der Waals surface area contributed by atoms with Gasteiger partial charge in [0.2, 0.25) is 0 Å². The molecule has 0 aliphatic carbocycles. The van der Waals surface area contributed by atoms with Gasteiger partial charge in [-0.2, -0.15) is 0 Å². The Morgan fingerprint density at radius 2 is 2.15 bits per heavy atom. The molecule has 0 amide bonds. The van der Waals surface area contributed by atoms with Gasteiger partial charge in [0, 0.05) is 18.3 Å². The predicted octanol–water partition coefficient (Wildman–Crippen LogP) is 1.40. The molecular weight excluding hydrogens is 254 g/mol. The fourth-order valence-electron chi connectivity index (χ4n) is 2.01. The van der Waals surface area contributed by atoms with Gasteiger partial charge in [-0.3, -0.25) is 5.41 Å². The number of imidazole rings is 1. The van der Waals surface area contributed by atoms with Crippen molar-refractivity contribution < 1.29 is 0 Å². The molecule has 3 rings (SSSR count). The van der Waals surface area contributed by atoms with Crippen LogP contribution in [0.2, 0.25) is 0 Å². The average Bonchev–Trinajstić information content (AvgIpc) is 2.95. The first-order valence-corrected chi connectivity index (χ1v) is 5.99. The molecule has 0 unspecified atom stereocenters. The zero-order chi connectivity index (χ0) is 14.1. The number of aromatic nitrogens is 4. The van der Waals surface area contributed by atoms with Crippen molar-refractivity contribution in [2.24, 2.45) is 5.73 Å². The van der Waals surface area contributed by atoms with Crippen LogP contribution in [0.15, 0.2) is 36.9 Å². The summed E-state index contributed by atoms with van der Waals surface area (Å²) in [4.78, 5) is 17.4. The molecule has 4 N–H and O–H groups in total. The van der Waals surface area contributed by atoms with Crippen LogP contribution in [0.4, 0.5) is 11.5 Å². The number of nitrogen functional groups attached to an aromatic ring is 1. The van der Waals surface area contributed by atoms with Gasteiger partial charge in [0.15, 0.2) is 11.5 Å². The van der Waals surface area contributed by atoms with Gasteiger partial charge in [-0.25, -0.2) is 15.0 Å². The highest BCUT2D eigenvalue weighted by molar-refractivity contribution is 5.96. The molecule has 0 aliphatic rings. The van der Waals surface area contributed by atoms with Crippen LogP contribution < -0.4 is 10.6 Å². The Labute approximate surface area is 115 Å². The van der Waals surface area contributed by atoms with Gasteiger partial charge in [-0.05, 0) is 12.1 Å². The summed E-state index contributed by atoms with van der Waals surface area (Å²) in [5.41, 5.74) is 8.45. The van der Waals surface area contributed by atoms with Crippen molar-refractivity contribution in [3.8, 4) is 0 Å². The van der Waals surface area contributed by atoms with Crippen LogP contribution in [0.1, 0.15) is 5.56 Å². The standard InChI is InChI=1S/C13H13N7/c1-20(9-4-2-3-8(5-9)11(14)15)13-10-12(17-6-16-10)18-7-19-13/h2-7H,1H3,(H3,14,15)(H,16,17,18,19). The van der Waals surface area contributed by atoms with E-state index in [0.29, 0.717) is 17.0 Å². The first-order chi connectivity index (χ1) is 9.66. The molecule has 7 nitrogen and oxygen atoms in total. The molecule has 0 bridgehead atoms. The molecule has 0 aliphatic heterocycles. The maximum atomic E-state index is 7.50. The van der Waals surface area contributed by atoms with Crippen molar-refractivity contribution in [2.75, 3.05) is 11.9 Å². The normalized spacial score (nSPS) is 10.7. The molecule has 100 valence electrons. The number of fused-ring (bicyclic) bond motifs is 1. The van der Waals surface area contributed by atoms with Crippen molar-refractivity contribution in [3.63, 3.8) is 0 Å². The monoisotopic (exact) mass is 267 g/mol. The Kier molecular flexibility index (Phi) is 2.79. The molecule has 20 heavy (non-hydrogen) atoms. The summed E-state index contributed by atoms with van der Waals surface area (Å²) in [5, 5.41) is 7.50. The van der Waals surface area contributed by atoms with E-state index in [2.05, 4.69) is 19.9 Å². The lowest BCUT2D eigenvalue weighted by Gasteiger charge is -2.19. The van der Waals surface area contributed by atoms with Crippen molar-refractivity contribution in [2.45, 2.75) is 0 Å². The highest BCUT2D eigenvalue weighted by Crippen LogP contribution is 2.26. The molecular formula is C13H13N7. The third kappa shape index (κ3) is 1.95. The number of hydrogen-bond acceptors (Lipinski definition) is 5. The van der Waals surface area contributed by atoms with E-state index in [1.54, 1.807) is 12.4 Å². The van der Waals surface area contributed by atoms with Crippen molar-refractivity contribution in [1.82, 2.24) is 19.9 Å². The molecule has 0 saturated heterocycles. The minimum atomic E-state index is 0.0367. The Morgan fingerprint density at radius 3 is 2.95 bits per heavy atom. The van der Waals surface area contributed by atoms with E-state index in [4.69, 9.17) is 11.1 Å². The summed E-state index contributed by atoms with van der Waals surface area (Å²) < 4.78 is 0. The van der Waals surface area contributed by atoms with Gasteiger partial charge in [0.05, 0.1) is 6.33 Å². The molecule has 2 aromatic heterocycles. The number of hydrogen-bond donors (Lipinski definition) is 3. The highest BCUT2D eigenvalue weighted by atomic mass is 15.2. The molecule has 0 saturated carbocycles. The van der Waals surface area contributed by atoms with E-state index in [9.17, 15) is 0 Å². The number of aromatic amines is 1. The topological polar surface area (TPSA) is 108 Å². The second-order valence-corrected chi connectivity index (χ2v) is 4.32. The van der Waals surface area contributed by atoms with Crippen molar-refractivity contribution in [1.29, 1.82) is 5.41 Å². The third-order valence-electron chi connectivity index (χ3n) is 3.07. The van der Waals surface area contributed by atoms with Gasteiger partial charge in [-0.15, -0.1) is 0 Å². The number of benzene rings is 1. The number of nitrogens with two attached hydrogens (primary N) is 1. The van der Waals surface area contributed by atoms with Crippen LogP contribution in [-0.2, 0) is 0 Å². The molecule has 0 fully saturated rings. The Balaban J connectivity index is 2.08. The number of anilines is 2. The third-order valence-corrected chi connectivity index (χ3v) is 3.07. The SMILES string of the molecule is CN(c1cccc(C(=N)N)c1)c1ncnc2nc[nH]c12. The lowest BCUT2D eigenvalue weighted by molar-refractivity contribution is 1.10. The van der Waals surface area contributed by atoms with Gasteiger partial charge < -0.3 is 15.6 Å². The highest BCUT2D eigenvalue weighted by Gasteiger charge is 2.12. The number of nitrogens with one attached hydrogen (secondary N) is 2. The largest absolute Gasteiger partial charge is 0.384 e. The lowest BCUT2D eigenvalue weighted by Crippen LogP contribution is -2.15. The summed E-state index contributed by atoms with van der Waals surface area (Å²) in [6.07, 6.45) is 3.06. The Hall–Kier alpha value is -2.96. The van der Waals surface area contributed by atoms with E-state index in [0.717, 1.165) is 11.2 Å². The van der Waals surface area contributed by atoms with Crippen LogP contribution in [0, 0.1) is 5.41 Å². The zero-order valence-corrected chi connectivity index (χ0v) is 10.8. The van der Waals surface area contributed by atoms with Gasteiger partial charge in [0.1, 0.15) is 17.7 Å². The van der Waals surface area contributed by atoms with E-state index >= 15 is 0 Å². The number of amidine groups is 1. The van der Waals surface area contributed by atoms with Crippen molar-refractivity contribution in [3.05, 3.63) is 42.5 Å². The van der Waals surface area contributed by atoms with Crippen LogP contribution in [0.25, 0.3) is 11.2 Å². The summed E-state index contributed by atoms with van der Waals surface area (Å²) in [6.45, 7) is 0. The Bertz CT molecular complexity index is 777. The smallest absolute Gasteiger partial charge is 0.182 e. The summed E-state index contributed by atoms with van der Waals surface area (Å²) in [6, 6.07) is 7.42. The van der Waals surface area contributed by atoms with Crippen LogP contribution in [0.5, 0.6) is 0 Å². The Morgan fingerprint density at radius 1 is 1.30 bits per heavy atom. The molecule has 1 aromatic carbocycles. The average molecular weight is 267 g/mol. The fourth-order valence-corrected chi connectivity index (χ4v) is 2.01. The molecule has 0 spiro atoms. The maximum absolute atomic E-state index is 7.50.